The normalized spacial score (nSPS) is 14.9. The highest BCUT2D eigenvalue weighted by Crippen LogP contribution is 2.35. The summed E-state index contributed by atoms with van der Waals surface area (Å²) in [6.45, 7) is 7.53. The largest absolute Gasteiger partial charge is 0.490 e. The minimum atomic E-state index is -0.119. The Kier molecular flexibility index (Phi) is 7.50. The number of hydrogen-bond donors (Lipinski definition) is 1. The Bertz CT molecular complexity index is 973. The van der Waals surface area contributed by atoms with Crippen LogP contribution in [0.25, 0.3) is 6.08 Å². The molecular weight excluding hydrogens is 464 g/mol. The van der Waals surface area contributed by atoms with Gasteiger partial charge in [-0.15, -0.1) is 0 Å². The van der Waals surface area contributed by atoms with Crippen LogP contribution in [0.2, 0.25) is 0 Å². The van der Waals surface area contributed by atoms with Crippen LogP contribution in [0.1, 0.15) is 37.0 Å². The van der Waals surface area contributed by atoms with E-state index in [1.165, 1.54) is 5.56 Å². The number of halogens is 1. The summed E-state index contributed by atoms with van der Waals surface area (Å²) in [4.78, 5) is 14.2. The average molecular weight is 489 g/mol. The first-order chi connectivity index (χ1) is 14.4. The summed E-state index contributed by atoms with van der Waals surface area (Å²) in [6.07, 6.45) is 2.62. The van der Waals surface area contributed by atoms with Gasteiger partial charge in [-0.25, -0.2) is 0 Å². The maximum atomic E-state index is 12.6. The van der Waals surface area contributed by atoms with E-state index in [1.54, 1.807) is 11.0 Å². The molecule has 0 saturated carbocycles. The number of amides is 1. The third-order valence-corrected chi connectivity index (χ3v) is 5.60. The van der Waals surface area contributed by atoms with E-state index in [-0.39, 0.29) is 5.91 Å². The number of aryl methyl sites for hydroxylation is 1. The van der Waals surface area contributed by atoms with E-state index in [4.69, 9.17) is 21.7 Å². The minimum Gasteiger partial charge on any atom is -0.490 e. The highest BCUT2D eigenvalue weighted by atomic mass is 79.9. The minimum absolute atomic E-state index is 0.119. The Hall–Kier alpha value is -2.38. The molecule has 1 aliphatic heterocycles. The molecule has 30 heavy (non-hydrogen) atoms. The molecule has 7 heteroatoms. The van der Waals surface area contributed by atoms with E-state index in [0.717, 1.165) is 22.0 Å². The van der Waals surface area contributed by atoms with E-state index >= 15 is 0 Å². The highest BCUT2D eigenvalue weighted by molar-refractivity contribution is 9.10. The van der Waals surface area contributed by atoms with E-state index < -0.39 is 0 Å². The molecule has 0 radical (unpaired) electrons. The van der Waals surface area contributed by atoms with Gasteiger partial charge in [0.1, 0.15) is 12.3 Å². The summed E-state index contributed by atoms with van der Waals surface area (Å²) in [7, 11) is 0. The quantitative estimate of drug-likeness (QED) is 0.408. The summed E-state index contributed by atoms with van der Waals surface area (Å²) in [5.74, 6) is 1.14. The van der Waals surface area contributed by atoms with Crippen molar-refractivity contribution in [3.63, 3.8) is 0 Å². The number of hydrogen-bond acceptors (Lipinski definition) is 4. The fraction of sp³-hybridized carbons (Fsp3) is 0.304. The van der Waals surface area contributed by atoms with E-state index in [2.05, 4.69) is 40.3 Å². The van der Waals surface area contributed by atoms with E-state index in [0.29, 0.717) is 42.1 Å². The van der Waals surface area contributed by atoms with Gasteiger partial charge in [-0.3, -0.25) is 9.69 Å². The van der Waals surface area contributed by atoms with Crippen molar-refractivity contribution in [2.75, 3.05) is 13.2 Å². The number of benzene rings is 2. The Balaban J connectivity index is 1.85. The molecule has 0 atom stereocenters. The van der Waals surface area contributed by atoms with Gasteiger partial charge in [0.15, 0.2) is 16.6 Å². The summed E-state index contributed by atoms with van der Waals surface area (Å²) in [5.41, 5.74) is 3.54. The highest BCUT2D eigenvalue weighted by Gasteiger charge is 2.30. The first kappa shape index (κ1) is 22.3. The predicted octanol–water partition coefficient (Wildman–Crippen LogP) is 5.20. The lowest BCUT2D eigenvalue weighted by Crippen LogP contribution is -2.31. The lowest BCUT2D eigenvalue weighted by atomic mass is 10.1. The lowest BCUT2D eigenvalue weighted by Gasteiger charge is -2.14. The van der Waals surface area contributed by atoms with Crippen molar-refractivity contribution in [1.29, 1.82) is 0 Å². The summed E-state index contributed by atoms with van der Waals surface area (Å²) >= 11 is 8.87. The van der Waals surface area contributed by atoms with E-state index in [9.17, 15) is 4.79 Å². The topological polar surface area (TPSA) is 50.8 Å². The molecular formula is C23H25BrN2O3S. The zero-order valence-electron chi connectivity index (χ0n) is 17.3. The van der Waals surface area contributed by atoms with Crippen LogP contribution in [0.4, 0.5) is 0 Å². The molecule has 1 heterocycles. The van der Waals surface area contributed by atoms with Crippen LogP contribution in [0, 0.1) is 6.92 Å². The van der Waals surface area contributed by atoms with Crippen LogP contribution in [-0.2, 0) is 11.4 Å². The summed E-state index contributed by atoms with van der Waals surface area (Å²) < 4.78 is 12.6. The average Bonchev–Trinajstić information content (AvgIpc) is 2.98. The predicted molar refractivity (Wildman–Crippen MR) is 127 cm³/mol. The molecule has 0 aliphatic carbocycles. The number of carbonyl (C=O) groups is 1. The molecule has 2 aromatic rings. The van der Waals surface area contributed by atoms with E-state index in [1.807, 2.05) is 38.1 Å². The number of carbonyl (C=O) groups excluding carboxylic acids is 1. The van der Waals surface area contributed by atoms with Gasteiger partial charge in [0, 0.05) is 11.0 Å². The van der Waals surface area contributed by atoms with Gasteiger partial charge >= 0.3 is 0 Å². The Labute approximate surface area is 191 Å². The van der Waals surface area contributed by atoms with Gasteiger partial charge < -0.3 is 14.8 Å². The lowest BCUT2D eigenvalue weighted by molar-refractivity contribution is -0.122. The number of ether oxygens (including phenoxy) is 2. The first-order valence-electron chi connectivity index (χ1n) is 9.92. The molecule has 0 aromatic heterocycles. The number of rotatable bonds is 8. The van der Waals surface area contributed by atoms with Gasteiger partial charge in [-0.1, -0.05) is 52.7 Å². The molecule has 1 saturated heterocycles. The first-order valence-corrected chi connectivity index (χ1v) is 11.1. The van der Waals surface area contributed by atoms with Crippen molar-refractivity contribution >= 4 is 45.2 Å². The van der Waals surface area contributed by atoms with Crippen LogP contribution < -0.4 is 14.8 Å². The Morgan fingerprint density at radius 3 is 2.50 bits per heavy atom. The van der Waals surface area contributed by atoms with Gasteiger partial charge in [0.25, 0.3) is 5.91 Å². The molecule has 1 fully saturated rings. The molecule has 1 amide bonds. The fourth-order valence-electron chi connectivity index (χ4n) is 3.04. The molecule has 0 spiro atoms. The number of nitrogens with zero attached hydrogens (tertiary/aromatic N) is 1. The summed E-state index contributed by atoms with van der Waals surface area (Å²) in [5, 5.41) is 3.44. The SMILES string of the molecule is CCCN1C(=O)C(=Cc2cc(OCC)c(OCc3ccc(C)cc3)cc2Br)NC1=S. The van der Waals surface area contributed by atoms with Crippen molar-refractivity contribution in [3.8, 4) is 11.5 Å². The maximum Gasteiger partial charge on any atom is 0.276 e. The maximum absolute atomic E-state index is 12.6. The molecule has 0 bridgehead atoms. The van der Waals surface area contributed by atoms with Crippen molar-refractivity contribution < 1.29 is 14.3 Å². The van der Waals surface area contributed by atoms with Crippen LogP contribution in [0.15, 0.2) is 46.6 Å². The Morgan fingerprint density at radius 2 is 1.83 bits per heavy atom. The van der Waals surface area contributed by atoms with Crippen LogP contribution in [0.3, 0.4) is 0 Å². The zero-order chi connectivity index (χ0) is 21.7. The number of thiocarbonyl (C=S) groups is 1. The van der Waals surface area contributed by atoms with Gasteiger partial charge in [-0.2, -0.15) is 0 Å². The van der Waals surface area contributed by atoms with Gasteiger partial charge in [0.2, 0.25) is 0 Å². The van der Waals surface area contributed by atoms with Crippen molar-refractivity contribution in [2.24, 2.45) is 0 Å². The Morgan fingerprint density at radius 1 is 1.13 bits per heavy atom. The molecule has 158 valence electrons. The summed E-state index contributed by atoms with van der Waals surface area (Å²) in [6, 6.07) is 12.0. The van der Waals surface area contributed by atoms with Gasteiger partial charge in [-0.05, 0) is 61.8 Å². The van der Waals surface area contributed by atoms with Crippen LogP contribution in [0.5, 0.6) is 11.5 Å². The van der Waals surface area contributed by atoms with Crippen molar-refractivity contribution in [2.45, 2.75) is 33.8 Å². The molecule has 5 nitrogen and oxygen atoms in total. The third-order valence-electron chi connectivity index (χ3n) is 4.59. The molecule has 2 aromatic carbocycles. The van der Waals surface area contributed by atoms with Crippen LogP contribution in [-0.4, -0.2) is 29.1 Å². The van der Waals surface area contributed by atoms with Crippen molar-refractivity contribution in [3.05, 3.63) is 63.3 Å². The fourth-order valence-corrected chi connectivity index (χ4v) is 3.76. The van der Waals surface area contributed by atoms with Crippen molar-refractivity contribution in [1.82, 2.24) is 10.2 Å². The second-order valence-corrected chi connectivity index (χ2v) is 8.21. The van der Waals surface area contributed by atoms with Gasteiger partial charge in [0.05, 0.1) is 6.61 Å². The third kappa shape index (κ3) is 5.21. The molecule has 1 aliphatic rings. The molecule has 0 unspecified atom stereocenters. The number of nitrogens with one attached hydrogen (secondary N) is 1. The van der Waals surface area contributed by atoms with Crippen LogP contribution >= 0.6 is 28.1 Å². The molecule has 3 rings (SSSR count). The smallest absolute Gasteiger partial charge is 0.276 e. The zero-order valence-corrected chi connectivity index (χ0v) is 19.7. The standard InChI is InChI=1S/C23H25BrN2O3S/c1-4-10-26-22(27)19(25-23(26)30)11-17-12-20(28-5-2)21(13-18(17)24)29-14-16-8-6-15(3)7-9-16/h6-9,11-13H,4-5,10,14H2,1-3H3,(H,25,30). The molecule has 1 N–H and O–H groups in total. The monoisotopic (exact) mass is 488 g/mol. The second-order valence-electron chi connectivity index (χ2n) is 6.97. The second kappa shape index (κ2) is 10.1.